The van der Waals surface area contributed by atoms with Crippen molar-refractivity contribution in [3.05, 3.63) is 35.1 Å². The van der Waals surface area contributed by atoms with Crippen molar-refractivity contribution >= 4 is 17.3 Å². The fraction of sp³-hybridized carbons (Fsp3) is 0.0909. The first kappa shape index (κ1) is 11.5. The van der Waals surface area contributed by atoms with E-state index >= 15 is 0 Å². The van der Waals surface area contributed by atoms with E-state index < -0.39 is 11.8 Å². The Morgan fingerprint density at radius 1 is 1.53 bits per heavy atom. The molecule has 2 aromatic rings. The Balaban J connectivity index is 2.70. The van der Waals surface area contributed by atoms with Crippen molar-refractivity contribution in [1.29, 1.82) is 0 Å². The number of aromatic carboxylic acids is 1. The van der Waals surface area contributed by atoms with E-state index in [4.69, 9.17) is 9.84 Å². The molecule has 0 aliphatic rings. The quantitative estimate of drug-likeness (QED) is 0.913. The molecule has 0 fully saturated rings. The highest BCUT2D eigenvalue weighted by molar-refractivity contribution is 7.13. The lowest BCUT2D eigenvalue weighted by molar-refractivity contribution is 0.0693. The van der Waals surface area contributed by atoms with Crippen LogP contribution in [0.25, 0.3) is 10.6 Å². The maximum atomic E-state index is 13.7. The number of ether oxygens (including phenoxy) is 1. The molecule has 2 rings (SSSR count). The predicted octanol–water partition coefficient (Wildman–Crippen LogP) is 2.66. The van der Waals surface area contributed by atoms with E-state index in [0.29, 0.717) is 5.01 Å². The van der Waals surface area contributed by atoms with Crippen LogP contribution in [0.3, 0.4) is 0 Å². The first-order valence-corrected chi connectivity index (χ1v) is 5.52. The second-order valence-corrected chi connectivity index (χ2v) is 4.07. The molecule has 0 saturated heterocycles. The normalized spacial score (nSPS) is 10.2. The number of hydrogen-bond donors (Lipinski definition) is 1. The number of carbonyl (C=O) groups is 1. The van der Waals surface area contributed by atoms with Crippen LogP contribution in [0.1, 0.15) is 10.4 Å². The van der Waals surface area contributed by atoms with Gasteiger partial charge >= 0.3 is 5.97 Å². The Hall–Kier alpha value is -1.95. The van der Waals surface area contributed by atoms with Crippen LogP contribution in [0.2, 0.25) is 0 Å². The lowest BCUT2D eigenvalue weighted by Crippen LogP contribution is -2.04. The number of hydrogen-bond acceptors (Lipinski definition) is 4. The largest absolute Gasteiger partial charge is 0.497 e. The number of aromatic nitrogens is 1. The molecule has 6 heteroatoms. The third-order valence-corrected chi connectivity index (χ3v) is 2.98. The molecule has 0 radical (unpaired) electrons. The van der Waals surface area contributed by atoms with Crippen molar-refractivity contribution in [2.24, 2.45) is 0 Å². The first-order chi connectivity index (χ1) is 8.13. The van der Waals surface area contributed by atoms with E-state index in [9.17, 15) is 9.18 Å². The van der Waals surface area contributed by atoms with Crippen LogP contribution in [-0.4, -0.2) is 23.2 Å². The van der Waals surface area contributed by atoms with Crippen LogP contribution in [0.4, 0.5) is 4.39 Å². The number of rotatable bonds is 3. The molecule has 1 aromatic heterocycles. The number of methoxy groups -OCH3 is 1. The van der Waals surface area contributed by atoms with Gasteiger partial charge in [-0.05, 0) is 6.07 Å². The zero-order valence-electron chi connectivity index (χ0n) is 8.81. The smallest absolute Gasteiger partial charge is 0.339 e. The number of carboxylic acids is 1. The lowest BCUT2D eigenvalue weighted by atomic mass is 10.1. The van der Waals surface area contributed by atoms with Gasteiger partial charge in [0.25, 0.3) is 0 Å². The molecule has 1 N–H and O–H groups in total. The molecule has 0 unspecified atom stereocenters. The number of benzene rings is 1. The van der Waals surface area contributed by atoms with Gasteiger partial charge < -0.3 is 9.84 Å². The lowest BCUT2D eigenvalue weighted by Gasteiger charge is -2.07. The van der Waals surface area contributed by atoms with E-state index in [1.807, 2.05) is 0 Å². The molecule has 0 aliphatic heterocycles. The zero-order valence-corrected chi connectivity index (χ0v) is 9.62. The van der Waals surface area contributed by atoms with Gasteiger partial charge in [-0.1, -0.05) is 0 Å². The van der Waals surface area contributed by atoms with Crippen LogP contribution < -0.4 is 4.74 Å². The fourth-order valence-corrected chi connectivity index (χ4v) is 2.10. The van der Waals surface area contributed by atoms with Gasteiger partial charge in [-0.2, -0.15) is 0 Å². The van der Waals surface area contributed by atoms with Crippen molar-refractivity contribution in [1.82, 2.24) is 4.98 Å². The van der Waals surface area contributed by atoms with Crippen molar-refractivity contribution < 1.29 is 19.0 Å². The fourth-order valence-electron chi connectivity index (χ4n) is 1.44. The van der Waals surface area contributed by atoms with Crippen molar-refractivity contribution in [2.75, 3.05) is 7.11 Å². The van der Waals surface area contributed by atoms with Gasteiger partial charge in [-0.15, -0.1) is 11.3 Å². The highest BCUT2D eigenvalue weighted by Crippen LogP contribution is 2.31. The molecule has 1 aromatic carbocycles. The zero-order chi connectivity index (χ0) is 12.4. The Morgan fingerprint density at radius 2 is 2.29 bits per heavy atom. The van der Waals surface area contributed by atoms with Gasteiger partial charge in [-0.3, -0.25) is 0 Å². The molecule has 0 spiro atoms. The van der Waals surface area contributed by atoms with Crippen LogP contribution >= 0.6 is 11.3 Å². The third kappa shape index (κ3) is 2.12. The van der Waals surface area contributed by atoms with Gasteiger partial charge in [0.15, 0.2) is 0 Å². The summed E-state index contributed by atoms with van der Waals surface area (Å²) in [5, 5.41) is 11.1. The van der Waals surface area contributed by atoms with E-state index in [-0.39, 0.29) is 16.9 Å². The molecule has 0 atom stereocenters. The summed E-state index contributed by atoms with van der Waals surface area (Å²) < 4.78 is 18.6. The second kappa shape index (κ2) is 4.50. The monoisotopic (exact) mass is 253 g/mol. The molecular weight excluding hydrogens is 245 g/mol. The summed E-state index contributed by atoms with van der Waals surface area (Å²) in [6.07, 6.45) is 1.53. The second-order valence-electron chi connectivity index (χ2n) is 3.17. The van der Waals surface area contributed by atoms with Crippen LogP contribution in [0.5, 0.6) is 5.75 Å². The molecule has 88 valence electrons. The number of nitrogens with zero attached hydrogens (tertiary/aromatic N) is 1. The highest BCUT2D eigenvalue weighted by atomic mass is 32.1. The molecule has 0 saturated carbocycles. The first-order valence-electron chi connectivity index (χ1n) is 4.64. The molecule has 1 heterocycles. The van der Waals surface area contributed by atoms with E-state index in [1.165, 1.54) is 30.7 Å². The average molecular weight is 253 g/mol. The van der Waals surface area contributed by atoms with Gasteiger partial charge in [0.1, 0.15) is 22.1 Å². The standard InChI is InChI=1S/C11H8FNO3S/c1-16-6-4-7(10-13-2-3-17-10)9(11(14)15)8(12)5-6/h2-5H,1H3,(H,14,15). The molecule has 0 aliphatic carbocycles. The summed E-state index contributed by atoms with van der Waals surface area (Å²) in [4.78, 5) is 15.0. The van der Waals surface area contributed by atoms with Crippen molar-refractivity contribution in [2.45, 2.75) is 0 Å². The molecule has 17 heavy (non-hydrogen) atoms. The average Bonchev–Trinajstić information content (AvgIpc) is 2.80. The van der Waals surface area contributed by atoms with Crippen molar-refractivity contribution in [3.63, 3.8) is 0 Å². The summed E-state index contributed by atoms with van der Waals surface area (Å²) in [5.41, 5.74) is -0.162. The van der Waals surface area contributed by atoms with E-state index in [1.54, 1.807) is 5.38 Å². The maximum absolute atomic E-state index is 13.7. The van der Waals surface area contributed by atoms with Gasteiger partial charge in [0.05, 0.1) is 7.11 Å². The van der Waals surface area contributed by atoms with Gasteiger partial charge in [0.2, 0.25) is 0 Å². The Morgan fingerprint density at radius 3 is 2.82 bits per heavy atom. The highest BCUT2D eigenvalue weighted by Gasteiger charge is 2.20. The number of thiazole rings is 1. The summed E-state index contributed by atoms with van der Waals surface area (Å²) >= 11 is 1.24. The Kier molecular flexibility index (Phi) is 3.06. The maximum Gasteiger partial charge on any atom is 0.339 e. The molecule has 0 bridgehead atoms. The summed E-state index contributed by atoms with van der Waals surface area (Å²) in [5.74, 6) is -1.89. The SMILES string of the molecule is COc1cc(F)c(C(=O)O)c(-c2nccs2)c1. The number of halogens is 1. The van der Waals surface area contributed by atoms with Crippen LogP contribution in [0.15, 0.2) is 23.7 Å². The van der Waals surface area contributed by atoms with Crippen LogP contribution in [0, 0.1) is 5.82 Å². The van der Waals surface area contributed by atoms with E-state index in [2.05, 4.69) is 4.98 Å². The van der Waals surface area contributed by atoms with Gasteiger partial charge in [0, 0.05) is 23.2 Å². The molecule has 4 nitrogen and oxygen atoms in total. The summed E-state index contributed by atoms with van der Waals surface area (Å²) in [6.45, 7) is 0. The van der Waals surface area contributed by atoms with Gasteiger partial charge in [-0.25, -0.2) is 14.2 Å². The Labute approximate surface area is 100 Å². The topological polar surface area (TPSA) is 59.4 Å². The van der Waals surface area contributed by atoms with Crippen LogP contribution in [-0.2, 0) is 0 Å². The minimum atomic E-state index is -1.32. The van der Waals surface area contributed by atoms with Crippen molar-refractivity contribution in [3.8, 4) is 16.3 Å². The molecule has 0 amide bonds. The number of carboxylic acid groups (broad SMARTS) is 1. The minimum Gasteiger partial charge on any atom is -0.497 e. The molecular formula is C11H8FNO3S. The summed E-state index contributed by atoms with van der Waals surface area (Å²) in [6, 6.07) is 2.51. The minimum absolute atomic E-state index is 0.226. The summed E-state index contributed by atoms with van der Waals surface area (Å²) in [7, 11) is 1.39. The van der Waals surface area contributed by atoms with E-state index in [0.717, 1.165) is 6.07 Å². The Bertz CT molecular complexity index is 554. The third-order valence-electron chi connectivity index (χ3n) is 2.18. The predicted molar refractivity (Wildman–Crippen MR) is 61.0 cm³/mol.